The van der Waals surface area contributed by atoms with Crippen molar-refractivity contribution in [3.63, 3.8) is 0 Å². The molecular weight excluding hydrogens is 423 g/mol. The van der Waals surface area contributed by atoms with Crippen LogP contribution in [0, 0.1) is 5.82 Å². The first-order chi connectivity index (χ1) is 15.8. The van der Waals surface area contributed by atoms with Crippen LogP contribution in [0.2, 0.25) is 0 Å². The number of hydrogen-bond donors (Lipinski definition) is 0. The summed E-state index contributed by atoms with van der Waals surface area (Å²) in [6, 6.07) is 12.9. The van der Waals surface area contributed by atoms with Gasteiger partial charge in [-0.25, -0.2) is 9.18 Å². The molecule has 33 heavy (non-hydrogen) atoms. The Balaban J connectivity index is 1.31. The Labute approximate surface area is 195 Å². The van der Waals surface area contributed by atoms with Gasteiger partial charge in [-0.3, -0.25) is 0 Å². The second-order valence-electron chi connectivity index (χ2n) is 9.91. The van der Waals surface area contributed by atoms with Crippen molar-refractivity contribution in [2.45, 2.75) is 70.2 Å². The molecule has 178 valence electrons. The molecule has 2 aromatic carbocycles. The van der Waals surface area contributed by atoms with E-state index in [0.29, 0.717) is 23.8 Å². The van der Waals surface area contributed by atoms with Gasteiger partial charge < -0.3 is 18.9 Å². The van der Waals surface area contributed by atoms with E-state index in [9.17, 15) is 9.18 Å². The molecule has 2 aromatic rings. The zero-order chi connectivity index (χ0) is 23.4. The number of rotatable bonds is 7. The fourth-order valence-electron chi connectivity index (χ4n) is 4.26. The average Bonchev–Trinajstić information content (AvgIpc) is 2.74. The van der Waals surface area contributed by atoms with Gasteiger partial charge in [0.25, 0.3) is 0 Å². The van der Waals surface area contributed by atoms with Gasteiger partial charge in [-0.05, 0) is 81.7 Å². The van der Waals surface area contributed by atoms with Crippen molar-refractivity contribution in [3.05, 3.63) is 53.8 Å². The molecule has 1 aliphatic heterocycles. The normalized spacial score (nSPS) is 23.0. The van der Waals surface area contributed by atoms with Gasteiger partial charge in [0.05, 0.1) is 12.7 Å². The first kappa shape index (κ1) is 23.7. The molecule has 2 aliphatic rings. The molecule has 0 radical (unpaired) electrons. The smallest absolute Gasteiger partial charge is 0.332 e. The number of carbonyl (C=O) groups is 1. The average molecular weight is 457 g/mol. The third kappa shape index (κ3) is 6.55. The van der Waals surface area contributed by atoms with Crippen molar-refractivity contribution in [1.29, 1.82) is 0 Å². The number of benzene rings is 2. The lowest BCUT2D eigenvalue weighted by atomic mass is 9.77. The summed E-state index contributed by atoms with van der Waals surface area (Å²) in [5.74, 6) is 0.442. The van der Waals surface area contributed by atoms with Gasteiger partial charge in [0.2, 0.25) is 0 Å². The summed E-state index contributed by atoms with van der Waals surface area (Å²) in [7, 11) is 0. The quantitative estimate of drug-likeness (QED) is 0.504. The van der Waals surface area contributed by atoms with E-state index in [4.69, 9.17) is 18.9 Å². The van der Waals surface area contributed by atoms with Crippen LogP contribution in [0.4, 0.5) is 4.39 Å². The Morgan fingerprint density at radius 3 is 2.52 bits per heavy atom. The molecule has 6 heteroatoms. The number of ether oxygens (including phenoxy) is 4. The third-order valence-electron chi connectivity index (χ3n) is 6.00. The van der Waals surface area contributed by atoms with E-state index < -0.39 is 5.60 Å². The van der Waals surface area contributed by atoms with Gasteiger partial charge in [0.15, 0.2) is 0 Å². The summed E-state index contributed by atoms with van der Waals surface area (Å²) in [6.07, 6.45) is 3.74. The van der Waals surface area contributed by atoms with Crippen molar-refractivity contribution in [1.82, 2.24) is 0 Å². The molecule has 5 nitrogen and oxygen atoms in total. The Hall–Kier alpha value is -2.44. The lowest BCUT2D eigenvalue weighted by molar-refractivity contribution is -0.164. The van der Waals surface area contributed by atoms with Crippen LogP contribution in [0.3, 0.4) is 0 Å². The van der Waals surface area contributed by atoms with Crippen LogP contribution in [-0.2, 0) is 19.0 Å². The highest BCUT2D eigenvalue weighted by atomic mass is 19.1. The molecule has 1 aliphatic carbocycles. The van der Waals surface area contributed by atoms with E-state index in [-0.39, 0.29) is 30.6 Å². The van der Waals surface area contributed by atoms with Gasteiger partial charge >= 0.3 is 5.97 Å². The maximum atomic E-state index is 14.5. The van der Waals surface area contributed by atoms with Crippen LogP contribution in [0.15, 0.2) is 42.5 Å². The molecule has 4 rings (SSSR count). The van der Waals surface area contributed by atoms with Crippen LogP contribution < -0.4 is 4.74 Å². The SMILES string of the molecule is CC(C)(C)OC(=O)CO[C@H]1C[C@@H](c2ccc(-c3cc(OC4CCCOC4)ccc3F)cc2)C1. The summed E-state index contributed by atoms with van der Waals surface area (Å²) in [6.45, 7) is 6.86. The lowest BCUT2D eigenvalue weighted by Crippen LogP contribution is -2.33. The largest absolute Gasteiger partial charge is 0.488 e. The minimum Gasteiger partial charge on any atom is -0.488 e. The monoisotopic (exact) mass is 456 g/mol. The summed E-state index contributed by atoms with van der Waals surface area (Å²) in [5, 5.41) is 0. The van der Waals surface area contributed by atoms with Crippen molar-refractivity contribution in [2.24, 2.45) is 0 Å². The van der Waals surface area contributed by atoms with E-state index in [0.717, 1.165) is 37.9 Å². The standard InChI is InChI=1S/C27H33FO5/c1-27(2,3)33-26(29)17-31-23-13-20(14-23)18-6-8-19(9-7-18)24-15-21(10-11-25(24)28)32-22-5-4-12-30-16-22/h6-11,15,20,22-23H,4-5,12-14,16-17H2,1-3H3/t20-,22?,23+. The summed E-state index contributed by atoms with van der Waals surface area (Å²) in [5.41, 5.74) is 2.05. The second kappa shape index (κ2) is 10.2. The number of esters is 1. The number of halogens is 1. The lowest BCUT2D eigenvalue weighted by Gasteiger charge is -2.35. The van der Waals surface area contributed by atoms with Crippen molar-refractivity contribution < 1.29 is 28.1 Å². The summed E-state index contributed by atoms with van der Waals surface area (Å²) in [4.78, 5) is 11.8. The van der Waals surface area contributed by atoms with E-state index in [1.165, 1.54) is 11.6 Å². The molecule has 1 heterocycles. The molecule has 1 saturated carbocycles. The highest BCUT2D eigenvalue weighted by Gasteiger charge is 2.32. The Morgan fingerprint density at radius 1 is 1.09 bits per heavy atom. The van der Waals surface area contributed by atoms with Crippen molar-refractivity contribution >= 4 is 5.97 Å². The fourth-order valence-corrected chi connectivity index (χ4v) is 4.26. The van der Waals surface area contributed by atoms with E-state index in [1.54, 1.807) is 12.1 Å². The molecule has 0 amide bonds. The summed E-state index contributed by atoms with van der Waals surface area (Å²) >= 11 is 0. The zero-order valence-electron chi connectivity index (χ0n) is 19.6. The maximum Gasteiger partial charge on any atom is 0.332 e. The minimum absolute atomic E-state index is 0.0156. The molecule has 0 N–H and O–H groups in total. The second-order valence-corrected chi connectivity index (χ2v) is 9.91. The molecule has 1 unspecified atom stereocenters. The zero-order valence-corrected chi connectivity index (χ0v) is 19.6. The van der Waals surface area contributed by atoms with Gasteiger partial charge in [-0.2, -0.15) is 0 Å². The van der Waals surface area contributed by atoms with E-state index >= 15 is 0 Å². The molecular formula is C27H33FO5. The van der Waals surface area contributed by atoms with E-state index in [1.807, 2.05) is 45.0 Å². The highest BCUT2D eigenvalue weighted by Crippen LogP contribution is 2.39. The first-order valence-electron chi connectivity index (χ1n) is 11.7. The highest BCUT2D eigenvalue weighted by molar-refractivity contribution is 5.71. The molecule has 1 saturated heterocycles. The maximum absolute atomic E-state index is 14.5. The van der Waals surface area contributed by atoms with Crippen LogP contribution in [0.5, 0.6) is 5.75 Å². The molecule has 1 atom stereocenters. The van der Waals surface area contributed by atoms with Crippen molar-refractivity contribution in [3.8, 4) is 16.9 Å². The molecule has 0 bridgehead atoms. The van der Waals surface area contributed by atoms with Crippen LogP contribution in [-0.4, -0.2) is 43.6 Å². The molecule has 0 aromatic heterocycles. The Morgan fingerprint density at radius 2 is 1.85 bits per heavy atom. The number of carbonyl (C=O) groups excluding carboxylic acids is 1. The minimum atomic E-state index is -0.500. The molecule has 0 spiro atoms. The third-order valence-corrected chi connectivity index (χ3v) is 6.00. The van der Waals surface area contributed by atoms with Crippen LogP contribution in [0.25, 0.3) is 11.1 Å². The van der Waals surface area contributed by atoms with Gasteiger partial charge in [0, 0.05) is 12.2 Å². The summed E-state index contributed by atoms with van der Waals surface area (Å²) < 4.78 is 37.0. The Bertz CT molecular complexity index is 938. The Kier molecular flexibility index (Phi) is 7.35. The topological polar surface area (TPSA) is 54.0 Å². The van der Waals surface area contributed by atoms with Gasteiger partial charge in [-0.15, -0.1) is 0 Å². The van der Waals surface area contributed by atoms with Gasteiger partial charge in [0.1, 0.15) is 29.9 Å². The molecule has 2 fully saturated rings. The van der Waals surface area contributed by atoms with Crippen LogP contribution in [0.1, 0.15) is 57.9 Å². The number of hydrogen-bond acceptors (Lipinski definition) is 5. The van der Waals surface area contributed by atoms with Gasteiger partial charge in [-0.1, -0.05) is 24.3 Å². The van der Waals surface area contributed by atoms with Crippen molar-refractivity contribution in [2.75, 3.05) is 19.8 Å². The van der Waals surface area contributed by atoms with E-state index in [2.05, 4.69) is 0 Å². The fraction of sp³-hybridized carbons (Fsp3) is 0.519. The first-order valence-corrected chi connectivity index (χ1v) is 11.7. The van der Waals surface area contributed by atoms with Crippen LogP contribution >= 0.6 is 0 Å². The predicted octanol–water partition coefficient (Wildman–Crippen LogP) is 5.65. The predicted molar refractivity (Wildman–Crippen MR) is 124 cm³/mol.